The molecule has 0 unspecified atom stereocenters. The van der Waals surface area contributed by atoms with E-state index in [1.807, 2.05) is 0 Å². The number of hydrogen-bond donors (Lipinski definition) is 1. The van der Waals surface area contributed by atoms with Crippen LogP contribution in [0, 0.1) is 5.92 Å². The smallest absolute Gasteiger partial charge is 0.305 e. The summed E-state index contributed by atoms with van der Waals surface area (Å²) in [5, 5.41) is 3.45. The molecule has 29 heavy (non-hydrogen) atoms. The van der Waals surface area contributed by atoms with E-state index in [0.717, 1.165) is 32.0 Å². The molecular formula is C23H38Cl2N2O2. The number of rotatable bonds is 7. The van der Waals surface area contributed by atoms with Gasteiger partial charge in [0.25, 0.3) is 0 Å². The van der Waals surface area contributed by atoms with Crippen LogP contribution in [0.25, 0.3) is 0 Å². The van der Waals surface area contributed by atoms with E-state index in [1.165, 1.54) is 56.8 Å². The highest BCUT2D eigenvalue weighted by Gasteiger charge is 2.24. The van der Waals surface area contributed by atoms with Gasteiger partial charge in [0.05, 0.1) is 7.11 Å². The Hall–Kier alpha value is -0.810. The number of piperidine rings is 1. The largest absolute Gasteiger partial charge is 0.469 e. The van der Waals surface area contributed by atoms with E-state index >= 15 is 0 Å². The van der Waals surface area contributed by atoms with Crippen molar-refractivity contribution in [1.82, 2.24) is 10.2 Å². The summed E-state index contributed by atoms with van der Waals surface area (Å²) in [5.74, 6) is 1.36. The van der Waals surface area contributed by atoms with Gasteiger partial charge in [-0.05, 0) is 88.0 Å². The number of nitrogens with one attached hydrogen (secondary N) is 1. The normalized spacial score (nSPS) is 22.4. The SMILES string of the molecule is COC(=O)CCC1CCC(N(C)Cc2ccc(C3CCNCC3)cc2)CC1.Cl.Cl. The highest BCUT2D eigenvalue weighted by Crippen LogP contribution is 2.31. The average Bonchev–Trinajstić information content (AvgIpc) is 2.73. The first-order chi connectivity index (χ1) is 13.2. The summed E-state index contributed by atoms with van der Waals surface area (Å²) in [7, 11) is 3.74. The quantitative estimate of drug-likeness (QED) is 0.604. The molecule has 1 aliphatic carbocycles. The average molecular weight is 445 g/mol. The van der Waals surface area contributed by atoms with Crippen LogP contribution in [0.4, 0.5) is 0 Å². The highest BCUT2D eigenvalue weighted by atomic mass is 35.5. The highest BCUT2D eigenvalue weighted by molar-refractivity contribution is 5.85. The van der Waals surface area contributed by atoms with Gasteiger partial charge in [-0.2, -0.15) is 0 Å². The van der Waals surface area contributed by atoms with Crippen molar-refractivity contribution in [3.63, 3.8) is 0 Å². The molecule has 166 valence electrons. The molecule has 3 rings (SSSR count). The molecule has 1 heterocycles. The van der Waals surface area contributed by atoms with Gasteiger partial charge in [0.2, 0.25) is 0 Å². The zero-order chi connectivity index (χ0) is 19.1. The molecule has 0 aromatic heterocycles. The van der Waals surface area contributed by atoms with Gasteiger partial charge in [0, 0.05) is 19.0 Å². The van der Waals surface area contributed by atoms with Gasteiger partial charge in [0.15, 0.2) is 0 Å². The lowest BCUT2D eigenvalue weighted by atomic mass is 9.83. The van der Waals surface area contributed by atoms with Crippen molar-refractivity contribution in [2.24, 2.45) is 5.92 Å². The Morgan fingerprint density at radius 2 is 1.66 bits per heavy atom. The Kier molecular flexibility index (Phi) is 12.2. The first-order valence-corrected chi connectivity index (χ1v) is 10.7. The molecule has 0 radical (unpaired) electrons. The summed E-state index contributed by atoms with van der Waals surface area (Å²) in [5.41, 5.74) is 2.93. The topological polar surface area (TPSA) is 41.6 Å². The molecule has 2 aliphatic rings. The van der Waals surface area contributed by atoms with Crippen LogP contribution in [0.1, 0.15) is 68.4 Å². The maximum Gasteiger partial charge on any atom is 0.305 e. The van der Waals surface area contributed by atoms with E-state index in [0.29, 0.717) is 18.4 Å². The number of methoxy groups -OCH3 is 1. The number of carbonyl (C=O) groups is 1. The fourth-order valence-electron chi connectivity index (χ4n) is 4.77. The van der Waals surface area contributed by atoms with Crippen molar-refractivity contribution in [1.29, 1.82) is 0 Å². The van der Waals surface area contributed by atoms with Gasteiger partial charge in [-0.25, -0.2) is 0 Å². The molecule has 2 fully saturated rings. The predicted octanol–water partition coefficient (Wildman–Crippen LogP) is 4.94. The molecule has 1 aliphatic heterocycles. The Bertz CT molecular complexity index is 583. The summed E-state index contributed by atoms with van der Waals surface area (Å²) < 4.78 is 4.76. The minimum atomic E-state index is -0.0674. The van der Waals surface area contributed by atoms with Crippen LogP contribution in [0.2, 0.25) is 0 Å². The summed E-state index contributed by atoms with van der Waals surface area (Å²) in [6, 6.07) is 10.0. The van der Waals surface area contributed by atoms with Gasteiger partial charge in [0.1, 0.15) is 0 Å². The van der Waals surface area contributed by atoms with Gasteiger partial charge < -0.3 is 10.1 Å². The minimum Gasteiger partial charge on any atom is -0.469 e. The third-order valence-corrected chi connectivity index (χ3v) is 6.65. The number of nitrogens with zero attached hydrogens (tertiary/aromatic N) is 1. The molecular weight excluding hydrogens is 407 g/mol. The first kappa shape index (κ1) is 26.2. The van der Waals surface area contributed by atoms with Crippen molar-refractivity contribution in [2.75, 3.05) is 27.2 Å². The standard InChI is InChI=1S/C23H36N2O2.2ClH/c1-25(22-10-5-18(6-11-22)7-12-23(26)27-2)17-19-3-8-20(9-4-19)21-13-15-24-16-14-21;;/h3-4,8-9,18,21-22,24H,5-7,10-17H2,1-2H3;2*1H. The molecule has 1 N–H and O–H groups in total. The summed E-state index contributed by atoms with van der Waals surface area (Å²) in [4.78, 5) is 13.8. The van der Waals surface area contributed by atoms with E-state index in [2.05, 4.69) is 41.5 Å². The molecule has 0 bridgehead atoms. The van der Waals surface area contributed by atoms with Crippen LogP contribution in [0.3, 0.4) is 0 Å². The Morgan fingerprint density at radius 1 is 1.03 bits per heavy atom. The van der Waals surface area contributed by atoms with Crippen LogP contribution < -0.4 is 5.32 Å². The molecule has 0 amide bonds. The maximum absolute atomic E-state index is 11.3. The molecule has 0 spiro atoms. The molecule has 1 saturated carbocycles. The minimum absolute atomic E-state index is 0. The van der Waals surface area contributed by atoms with E-state index in [1.54, 1.807) is 0 Å². The van der Waals surface area contributed by atoms with Crippen molar-refractivity contribution < 1.29 is 9.53 Å². The number of carbonyl (C=O) groups excluding carboxylic acids is 1. The molecule has 1 aromatic carbocycles. The number of esters is 1. The number of halogens is 2. The van der Waals surface area contributed by atoms with Crippen molar-refractivity contribution in [2.45, 2.75) is 69.9 Å². The Balaban J connectivity index is 0.00000210. The summed E-state index contributed by atoms with van der Waals surface area (Å²) in [6.07, 6.45) is 9.05. The fourth-order valence-corrected chi connectivity index (χ4v) is 4.77. The number of ether oxygens (including phenoxy) is 1. The van der Waals surface area contributed by atoms with E-state index in [-0.39, 0.29) is 30.8 Å². The van der Waals surface area contributed by atoms with Crippen LogP contribution in [-0.4, -0.2) is 44.2 Å². The van der Waals surface area contributed by atoms with Crippen LogP contribution in [-0.2, 0) is 16.1 Å². The Labute approximate surface area is 189 Å². The van der Waals surface area contributed by atoms with Gasteiger partial charge in [-0.3, -0.25) is 9.69 Å². The van der Waals surface area contributed by atoms with Crippen molar-refractivity contribution >= 4 is 30.8 Å². The lowest BCUT2D eigenvalue weighted by Crippen LogP contribution is -2.34. The van der Waals surface area contributed by atoms with Crippen LogP contribution in [0.15, 0.2) is 24.3 Å². The first-order valence-electron chi connectivity index (χ1n) is 10.7. The Morgan fingerprint density at radius 3 is 2.24 bits per heavy atom. The fraction of sp³-hybridized carbons (Fsp3) is 0.696. The van der Waals surface area contributed by atoms with Gasteiger partial charge in [-0.15, -0.1) is 24.8 Å². The predicted molar refractivity (Wildman–Crippen MR) is 124 cm³/mol. The van der Waals surface area contributed by atoms with E-state index < -0.39 is 0 Å². The number of hydrogen-bond acceptors (Lipinski definition) is 4. The molecule has 0 atom stereocenters. The molecule has 1 saturated heterocycles. The lowest BCUT2D eigenvalue weighted by molar-refractivity contribution is -0.141. The molecule has 1 aromatic rings. The van der Waals surface area contributed by atoms with Crippen LogP contribution in [0.5, 0.6) is 0 Å². The zero-order valence-corrected chi connectivity index (χ0v) is 19.5. The number of benzene rings is 1. The molecule has 4 nitrogen and oxygen atoms in total. The third kappa shape index (κ3) is 8.09. The van der Waals surface area contributed by atoms with Crippen molar-refractivity contribution in [3.05, 3.63) is 35.4 Å². The van der Waals surface area contributed by atoms with Gasteiger partial charge >= 0.3 is 5.97 Å². The summed E-state index contributed by atoms with van der Waals surface area (Å²) >= 11 is 0. The monoisotopic (exact) mass is 444 g/mol. The second kappa shape index (κ2) is 13.5. The maximum atomic E-state index is 11.3. The second-order valence-corrected chi connectivity index (χ2v) is 8.47. The molecule has 6 heteroatoms. The third-order valence-electron chi connectivity index (χ3n) is 6.65. The van der Waals surface area contributed by atoms with Gasteiger partial charge in [-0.1, -0.05) is 24.3 Å². The van der Waals surface area contributed by atoms with Crippen LogP contribution >= 0.6 is 24.8 Å². The van der Waals surface area contributed by atoms with E-state index in [4.69, 9.17) is 4.74 Å². The van der Waals surface area contributed by atoms with Crippen molar-refractivity contribution in [3.8, 4) is 0 Å². The van der Waals surface area contributed by atoms with E-state index in [9.17, 15) is 4.79 Å². The summed E-state index contributed by atoms with van der Waals surface area (Å²) in [6.45, 7) is 3.33. The zero-order valence-electron chi connectivity index (χ0n) is 17.9. The second-order valence-electron chi connectivity index (χ2n) is 8.47. The lowest BCUT2D eigenvalue weighted by Gasteiger charge is -2.34.